The van der Waals surface area contributed by atoms with Crippen molar-refractivity contribution >= 4 is 121 Å². The number of nitrogens with zero attached hydrogens (tertiary/aromatic N) is 2. The SMILES string of the molecule is c1ccc(N(c2ccccc2)c2cc([Si](c3ccccc3)(c3ccccc3)c3ccccc3)cc([Si]3(c4cc(N(c5ccccc5)c5ccccc5)cc([Si](c5ccccc5)(c5ccccc5)c5ccccc5)c4)c4ccccc4-c4ccccc43)c2)cc1. The molecule has 1 aliphatic rings. The van der Waals surface area contributed by atoms with Crippen LogP contribution >= 0.6 is 0 Å². The molecule has 0 amide bonds. The Morgan fingerprint density at radius 3 is 0.640 bits per heavy atom. The highest BCUT2D eigenvalue weighted by Crippen LogP contribution is 2.38. The molecule has 0 radical (unpaired) electrons. The Hall–Kier alpha value is -10.7. The number of para-hydroxylation sites is 4. The van der Waals surface area contributed by atoms with Gasteiger partial charge in [0.1, 0.15) is 0 Å². The molecule has 15 rings (SSSR count). The number of hydrogen-bond donors (Lipinski definition) is 0. The molecule has 1 heterocycles. The van der Waals surface area contributed by atoms with Crippen molar-refractivity contribution in [3.05, 3.63) is 388 Å². The molecule has 0 saturated carbocycles. The van der Waals surface area contributed by atoms with Crippen molar-refractivity contribution in [1.82, 2.24) is 0 Å². The van der Waals surface area contributed by atoms with Crippen LogP contribution in [0, 0.1) is 0 Å². The molecule has 0 atom stereocenters. The molecule has 1 aliphatic heterocycles. The average Bonchev–Trinajstić information content (AvgIpc) is 1.65. The van der Waals surface area contributed by atoms with Crippen molar-refractivity contribution in [2.75, 3.05) is 9.80 Å². The fraction of sp³-hybridized carbons (Fsp3) is 0. The van der Waals surface area contributed by atoms with E-state index in [0.29, 0.717) is 0 Å². The van der Waals surface area contributed by atoms with Gasteiger partial charge in [-0.25, -0.2) is 0 Å². The third kappa shape index (κ3) is 9.46. The zero-order chi connectivity index (χ0) is 59.5. The van der Waals surface area contributed by atoms with Crippen molar-refractivity contribution in [1.29, 1.82) is 0 Å². The van der Waals surface area contributed by atoms with Gasteiger partial charge in [0.25, 0.3) is 0 Å². The van der Waals surface area contributed by atoms with Gasteiger partial charge in [-0.3, -0.25) is 0 Å². The van der Waals surface area contributed by atoms with Gasteiger partial charge in [-0.1, -0.05) is 315 Å². The van der Waals surface area contributed by atoms with Crippen LogP contribution in [0.4, 0.5) is 34.1 Å². The van der Waals surface area contributed by atoms with Crippen LogP contribution in [0.15, 0.2) is 388 Å². The maximum Gasteiger partial charge on any atom is 0.181 e. The van der Waals surface area contributed by atoms with Crippen molar-refractivity contribution in [2.45, 2.75) is 0 Å². The van der Waals surface area contributed by atoms with E-state index >= 15 is 0 Å². The summed E-state index contributed by atoms with van der Waals surface area (Å²) >= 11 is 0. The van der Waals surface area contributed by atoms with Crippen LogP contribution in [0.5, 0.6) is 0 Å². The van der Waals surface area contributed by atoms with Gasteiger partial charge < -0.3 is 9.80 Å². The van der Waals surface area contributed by atoms with E-state index in [1.54, 1.807) is 0 Å². The van der Waals surface area contributed by atoms with E-state index < -0.39 is 24.2 Å². The van der Waals surface area contributed by atoms with Crippen molar-refractivity contribution in [3.63, 3.8) is 0 Å². The maximum atomic E-state index is 2.72. The van der Waals surface area contributed by atoms with E-state index in [2.05, 4.69) is 398 Å². The lowest BCUT2D eigenvalue weighted by Crippen LogP contribution is -2.78. The van der Waals surface area contributed by atoms with Crippen LogP contribution < -0.4 is 72.0 Å². The largest absolute Gasteiger partial charge is 0.311 e. The smallest absolute Gasteiger partial charge is 0.181 e. The third-order valence-corrected chi connectivity index (χ3v) is 32.6. The molecular formula is C84H64N2Si3. The van der Waals surface area contributed by atoms with E-state index in [-0.39, 0.29) is 0 Å². The minimum atomic E-state index is -3.62. The minimum absolute atomic E-state index is 1.09. The molecule has 422 valence electrons. The summed E-state index contributed by atoms with van der Waals surface area (Å²) in [5.74, 6) is 0. The molecule has 14 aromatic carbocycles. The molecule has 0 unspecified atom stereocenters. The predicted octanol–water partition coefficient (Wildman–Crippen LogP) is 12.7. The van der Waals surface area contributed by atoms with Crippen LogP contribution in [0.1, 0.15) is 0 Å². The van der Waals surface area contributed by atoms with Crippen molar-refractivity contribution in [2.24, 2.45) is 0 Å². The summed E-state index contributed by atoms with van der Waals surface area (Å²) < 4.78 is 0. The number of benzene rings is 14. The van der Waals surface area contributed by atoms with E-state index in [1.165, 1.54) is 73.4 Å². The summed E-state index contributed by atoms with van der Waals surface area (Å²) in [6.07, 6.45) is 0. The van der Waals surface area contributed by atoms with Crippen molar-refractivity contribution < 1.29 is 0 Å². The second-order valence-electron chi connectivity index (χ2n) is 23.1. The van der Waals surface area contributed by atoms with E-state index in [4.69, 9.17) is 0 Å². The summed E-state index contributed by atoms with van der Waals surface area (Å²) in [7, 11) is -10.2. The highest BCUT2D eigenvalue weighted by molar-refractivity contribution is 7.24. The lowest BCUT2D eigenvalue weighted by Gasteiger charge is -2.40. The van der Waals surface area contributed by atoms with Gasteiger partial charge in [0.05, 0.1) is 0 Å². The molecule has 14 aromatic rings. The molecule has 0 bridgehead atoms. The van der Waals surface area contributed by atoms with Crippen LogP contribution in [0.25, 0.3) is 11.1 Å². The monoisotopic (exact) mass is 1180 g/mol. The average molecular weight is 1190 g/mol. The molecular weight excluding hydrogens is 1120 g/mol. The molecule has 89 heavy (non-hydrogen) atoms. The molecule has 0 spiro atoms. The van der Waals surface area contributed by atoms with Gasteiger partial charge in [-0.15, -0.1) is 0 Å². The molecule has 0 aliphatic carbocycles. The summed E-state index contributed by atoms with van der Waals surface area (Å²) in [4.78, 5) is 5.02. The highest BCUT2D eigenvalue weighted by Gasteiger charge is 2.52. The van der Waals surface area contributed by atoms with Gasteiger partial charge in [0.15, 0.2) is 24.2 Å². The number of anilines is 6. The van der Waals surface area contributed by atoms with E-state index in [0.717, 1.165) is 34.1 Å². The van der Waals surface area contributed by atoms with Gasteiger partial charge in [0, 0.05) is 34.1 Å². The van der Waals surface area contributed by atoms with E-state index in [9.17, 15) is 0 Å². The molecule has 0 saturated heterocycles. The number of rotatable bonds is 16. The first-order valence-electron chi connectivity index (χ1n) is 30.8. The van der Waals surface area contributed by atoms with Gasteiger partial charge in [-0.05, 0) is 146 Å². The highest BCUT2D eigenvalue weighted by atomic mass is 28.3. The lowest BCUT2D eigenvalue weighted by atomic mass is 10.1. The third-order valence-electron chi connectivity index (χ3n) is 18.3. The topological polar surface area (TPSA) is 6.48 Å². The van der Waals surface area contributed by atoms with Crippen LogP contribution in [-0.4, -0.2) is 24.2 Å². The molecule has 5 heteroatoms. The minimum Gasteiger partial charge on any atom is -0.311 e. The standard InChI is InChI=1S/C84H64N2Si3/c1-11-35-65(36-12-1)85(66-37-13-2-14-38-66)69-59-77(87(71-43-19-5-20-44-71,72-45-21-6-22-46-72)73-47-23-7-24-48-73)63-79(61-69)89(83-57-33-31-55-81(83)82-56-32-34-58-84(82)89)80-62-70(86(67-39-15-3-16-40-67)68-41-17-4-18-42-68)60-78(64-80)88(74-49-25-8-26-50-74,75-51-27-9-28-52-75)76-53-29-10-30-54-76/h1-64H. The Labute approximate surface area is 526 Å². The zero-order valence-corrected chi connectivity index (χ0v) is 52.3. The predicted molar refractivity (Wildman–Crippen MR) is 386 cm³/mol. The fourth-order valence-corrected chi connectivity index (χ4v) is 29.9. The summed E-state index contributed by atoms with van der Waals surface area (Å²) in [5, 5.41) is 16.0. The Kier molecular flexibility index (Phi) is 14.7. The van der Waals surface area contributed by atoms with Crippen LogP contribution in [0.3, 0.4) is 0 Å². The quantitative estimate of drug-likeness (QED) is 0.0703. The Bertz CT molecular complexity index is 4120. The summed E-state index contributed by atoms with van der Waals surface area (Å²) in [6.45, 7) is 0. The van der Waals surface area contributed by atoms with Crippen molar-refractivity contribution in [3.8, 4) is 11.1 Å². The first-order valence-corrected chi connectivity index (χ1v) is 36.8. The molecule has 0 N–H and O–H groups in total. The number of hydrogen-bond acceptors (Lipinski definition) is 2. The van der Waals surface area contributed by atoms with Gasteiger partial charge >= 0.3 is 0 Å². The number of fused-ring (bicyclic) bond motifs is 3. The Morgan fingerprint density at radius 2 is 0.393 bits per heavy atom. The normalized spacial score (nSPS) is 12.4. The Balaban J connectivity index is 1.17. The van der Waals surface area contributed by atoms with Crippen LogP contribution in [-0.2, 0) is 0 Å². The summed E-state index contributed by atoms with van der Waals surface area (Å²) in [5.41, 5.74) is 9.15. The molecule has 2 nitrogen and oxygen atoms in total. The molecule has 0 aromatic heterocycles. The molecule has 0 fully saturated rings. The van der Waals surface area contributed by atoms with Gasteiger partial charge in [-0.2, -0.15) is 0 Å². The fourth-order valence-electron chi connectivity index (χ4n) is 14.7. The lowest BCUT2D eigenvalue weighted by molar-refractivity contribution is 1.29. The zero-order valence-electron chi connectivity index (χ0n) is 49.3. The van der Waals surface area contributed by atoms with Gasteiger partial charge in [0.2, 0.25) is 0 Å². The van der Waals surface area contributed by atoms with E-state index in [1.807, 2.05) is 0 Å². The second-order valence-corrected chi connectivity index (χ2v) is 34.4. The van der Waals surface area contributed by atoms with Crippen LogP contribution in [0.2, 0.25) is 0 Å². The first kappa shape index (κ1) is 54.9. The second kappa shape index (κ2) is 23.9. The Morgan fingerprint density at radius 1 is 0.180 bits per heavy atom. The maximum absolute atomic E-state index is 3.62. The summed E-state index contributed by atoms with van der Waals surface area (Å²) in [6, 6.07) is 147. The first-order chi connectivity index (χ1) is 44.2.